The quantitative estimate of drug-likeness (QED) is 0.140. The molecule has 34 heteroatoms. The monoisotopic (exact) mass is 1870 g/mol. The van der Waals surface area contributed by atoms with Crippen LogP contribution in [-0.2, 0) is 33.2 Å². The first-order chi connectivity index (χ1) is 63.4. The predicted octanol–water partition coefficient (Wildman–Crippen LogP) is 4.01. The molecule has 15 heterocycles. The SMILES string of the molecule is O=S([O-])C1CCCC2C3NC4NC(NC5NC(NC6NC(NC(N3)C21)C1CCCCC61)C1CCCCC51)C1CCCCC41.O=S([O-])C1CCCC2C3NC4NC(NC5NC(NC6NC(NC(N3)C21)C1CCCCC61)C1CCCCC51)C1CCCCC41.O=S([O-])C1CCCC2C3NC4NC(NC5NC(NC6NC(NC(N3)C21)C1CCCCC61)C1CCCCC51)C1CCCCC41.[Al+3]. The number of rotatable bonds is 3. The van der Waals surface area contributed by atoms with Gasteiger partial charge in [0.25, 0.3) is 0 Å². The van der Waals surface area contributed by atoms with Crippen LogP contribution in [0.1, 0.15) is 289 Å². The molecule has 0 radical (unpaired) electrons. The van der Waals surface area contributed by atoms with Crippen molar-refractivity contribution in [3.8, 4) is 0 Å². The van der Waals surface area contributed by atoms with Crippen molar-refractivity contribution in [2.75, 3.05) is 0 Å². The molecule has 12 aliphatic carbocycles. The average molecular weight is 1870 g/mol. The van der Waals surface area contributed by atoms with Crippen LogP contribution in [0.2, 0.25) is 0 Å². The van der Waals surface area contributed by atoms with E-state index in [0.717, 1.165) is 57.8 Å². The van der Waals surface area contributed by atoms with Gasteiger partial charge in [0.1, 0.15) is 0 Å². The van der Waals surface area contributed by atoms with Crippen molar-refractivity contribution in [2.45, 2.75) is 453 Å². The van der Waals surface area contributed by atoms with E-state index in [-0.39, 0.29) is 143 Å². The van der Waals surface area contributed by atoms with Gasteiger partial charge in [-0.05, 0) is 278 Å². The van der Waals surface area contributed by atoms with Crippen LogP contribution in [0.4, 0.5) is 0 Å². The van der Waals surface area contributed by atoms with Gasteiger partial charge in [-0.3, -0.25) is 140 Å². The third-order valence-electron chi connectivity index (χ3n) is 42.2. The van der Waals surface area contributed by atoms with Crippen molar-refractivity contribution in [1.29, 1.82) is 0 Å². The normalized spacial score (nSPS) is 56.5. The molecule has 54 unspecified atom stereocenters. The summed E-state index contributed by atoms with van der Waals surface area (Å²) in [6, 6.07) is 0. The Balaban J connectivity index is 0.000000108. The van der Waals surface area contributed by atoms with Gasteiger partial charge in [0, 0.05) is 33.5 Å². The molecule has 0 aromatic carbocycles. The zero-order valence-corrected chi connectivity index (χ0v) is 81.1. The molecular formula is C96H165AlN24O6S3. The van der Waals surface area contributed by atoms with Crippen molar-refractivity contribution >= 4 is 50.6 Å². The summed E-state index contributed by atoms with van der Waals surface area (Å²) in [6.07, 6.45) is 61.1. The average Bonchev–Trinajstić information content (AvgIpc) is 1.60. The fourth-order valence-electron chi connectivity index (χ4n) is 36.7. The molecule has 0 spiro atoms. The van der Waals surface area contributed by atoms with E-state index >= 15 is 0 Å². The Morgan fingerprint density at radius 3 is 0.331 bits per heavy atom. The molecular weight excluding hydrogens is 1710 g/mol. The first-order valence-electron chi connectivity index (χ1n) is 54.9. The maximum atomic E-state index is 12.6. The summed E-state index contributed by atoms with van der Waals surface area (Å²) in [5.74, 6) is 12.6. The van der Waals surface area contributed by atoms with Crippen LogP contribution in [-0.4, -0.2) is 207 Å². The fraction of sp³-hybridized carbons (Fsp3) is 1.00. The second-order valence-electron chi connectivity index (χ2n) is 47.9. The van der Waals surface area contributed by atoms with Gasteiger partial charge in [-0.2, -0.15) is 0 Å². The van der Waals surface area contributed by atoms with E-state index in [2.05, 4.69) is 128 Å². The first kappa shape index (κ1) is 92.3. The molecule has 27 fully saturated rings. The van der Waals surface area contributed by atoms with E-state index in [4.69, 9.17) is 0 Å². The van der Waals surface area contributed by atoms with E-state index in [1.54, 1.807) is 0 Å². The molecule has 12 saturated carbocycles. The van der Waals surface area contributed by atoms with E-state index < -0.39 is 33.2 Å². The van der Waals surface area contributed by atoms with Crippen LogP contribution in [0, 0.1) is 142 Å². The molecule has 54 atom stereocenters. The molecule has 27 rings (SSSR count). The largest absolute Gasteiger partial charge is 3.00 e. The number of nitrogens with one attached hydrogen (secondary N) is 24. The maximum Gasteiger partial charge on any atom is 3.00 e. The van der Waals surface area contributed by atoms with Crippen molar-refractivity contribution in [3.05, 3.63) is 0 Å². The zero-order chi connectivity index (χ0) is 86.0. The van der Waals surface area contributed by atoms with Gasteiger partial charge in [-0.15, -0.1) is 0 Å². The molecule has 24 bridgehead atoms. The Labute approximate surface area is 793 Å². The molecule has 0 aromatic rings. The second-order valence-corrected chi connectivity index (χ2v) is 51.3. The van der Waals surface area contributed by atoms with Crippen LogP contribution in [0.3, 0.4) is 0 Å². The van der Waals surface area contributed by atoms with Crippen molar-refractivity contribution in [1.82, 2.24) is 128 Å². The Kier molecular flexibility index (Phi) is 28.1. The smallest absolute Gasteiger partial charge is 0.772 e. The summed E-state index contributed by atoms with van der Waals surface area (Å²) in [6.45, 7) is 0. The fourth-order valence-corrected chi connectivity index (χ4v) is 39.6. The Hall–Kier alpha value is -0.0975. The molecule has 15 saturated heterocycles. The van der Waals surface area contributed by atoms with Gasteiger partial charge in [-0.25, -0.2) is 0 Å². The van der Waals surface area contributed by atoms with Crippen molar-refractivity contribution in [2.24, 2.45) is 142 Å². The zero-order valence-electron chi connectivity index (χ0n) is 77.5. The molecule has 15 aliphatic heterocycles. The molecule has 0 amide bonds. The second kappa shape index (κ2) is 39.6. The summed E-state index contributed by atoms with van der Waals surface area (Å²) in [4.78, 5) is 0. The number of hydrogen-bond donors (Lipinski definition) is 24. The summed E-state index contributed by atoms with van der Waals surface area (Å²) >= 11 is -6.18. The van der Waals surface area contributed by atoms with Crippen LogP contribution >= 0.6 is 0 Å². The van der Waals surface area contributed by atoms with Gasteiger partial charge in [0.05, 0.1) is 148 Å². The molecule has 27 aliphatic rings. The Morgan fingerprint density at radius 2 is 0.223 bits per heavy atom. The van der Waals surface area contributed by atoms with Crippen LogP contribution in [0.5, 0.6) is 0 Å². The minimum atomic E-state index is -2.06. The van der Waals surface area contributed by atoms with Crippen LogP contribution in [0.15, 0.2) is 0 Å². The summed E-state index contributed by atoms with van der Waals surface area (Å²) in [5.41, 5.74) is 0. The van der Waals surface area contributed by atoms with Crippen molar-refractivity contribution in [3.63, 3.8) is 0 Å². The third kappa shape index (κ3) is 17.3. The Morgan fingerprint density at radius 1 is 0.131 bits per heavy atom. The van der Waals surface area contributed by atoms with Gasteiger partial charge < -0.3 is 13.7 Å². The summed E-state index contributed by atoms with van der Waals surface area (Å²) in [5, 5.41) is 97.8. The van der Waals surface area contributed by atoms with E-state index in [0.29, 0.717) is 180 Å². The standard InChI is InChI=1S/3C32H56N8O2S.Al/c3*41-43(42)23-15-7-14-22-24(23)32-39-30-21-13-6-5-12-20(21)28(37-30)35-26-17-9-2-1-8-16(17)25(33-26)34-27-18-10-3-4-11-19(18)29(36-27)38-31(22)40-32;/h3*16-40H,1-15H2,(H,41,42);/q;;;+3/p-3. The molecule has 0 aromatic heterocycles. The van der Waals surface area contributed by atoms with Gasteiger partial charge in [0.15, 0.2) is 0 Å². The summed E-state index contributed by atoms with van der Waals surface area (Å²) < 4.78 is 75.8. The third-order valence-corrected chi connectivity index (χ3v) is 45.4. The maximum absolute atomic E-state index is 12.6. The summed E-state index contributed by atoms with van der Waals surface area (Å²) in [7, 11) is 0. The van der Waals surface area contributed by atoms with Gasteiger partial charge in [0.2, 0.25) is 0 Å². The molecule has 30 nitrogen and oxygen atoms in total. The van der Waals surface area contributed by atoms with E-state index in [9.17, 15) is 26.3 Å². The van der Waals surface area contributed by atoms with Gasteiger partial charge in [-0.1, -0.05) is 168 Å². The van der Waals surface area contributed by atoms with E-state index in [1.807, 2.05) is 0 Å². The topological polar surface area (TPSA) is 409 Å². The number of fused-ring (bicyclic) bond motifs is 60. The van der Waals surface area contributed by atoms with Crippen molar-refractivity contribution < 1.29 is 26.3 Å². The Bertz CT molecular complexity index is 3550. The molecule has 24 N–H and O–H groups in total. The number of hydrogen-bond acceptors (Lipinski definition) is 30. The molecule has 726 valence electrons. The van der Waals surface area contributed by atoms with Crippen LogP contribution in [0.25, 0.3) is 0 Å². The van der Waals surface area contributed by atoms with Gasteiger partial charge >= 0.3 is 17.4 Å². The predicted molar refractivity (Wildman–Crippen MR) is 502 cm³/mol. The minimum absolute atomic E-state index is 0. The van der Waals surface area contributed by atoms with Crippen LogP contribution < -0.4 is 128 Å². The molecule has 130 heavy (non-hydrogen) atoms. The first-order valence-corrected chi connectivity index (χ1v) is 58.3. The van der Waals surface area contributed by atoms with E-state index in [1.165, 1.54) is 231 Å². The minimum Gasteiger partial charge on any atom is -0.772 e.